The number of amides is 1. The smallest absolute Gasteiger partial charge is 0.276 e. The number of methoxy groups -OCH3 is 2. The maximum atomic E-state index is 14.1. The third-order valence-corrected chi connectivity index (χ3v) is 5.30. The van der Waals surface area contributed by atoms with Crippen LogP contribution in [0.5, 0.6) is 11.5 Å². The van der Waals surface area contributed by atoms with Crippen molar-refractivity contribution < 1.29 is 23.6 Å². The third kappa shape index (κ3) is 4.51. The van der Waals surface area contributed by atoms with Crippen LogP contribution in [-0.2, 0) is 6.54 Å². The molecule has 0 bridgehead atoms. The summed E-state index contributed by atoms with van der Waals surface area (Å²) in [5, 5.41) is 11.1. The quantitative estimate of drug-likeness (QED) is 0.531. The number of ether oxygens (including phenoxy) is 2. The van der Waals surface area contributed by atoms with Crippen molar-refractivity contribution in [3.8, 4) is 11.5 Å². The van der Waals surface area contributed by atoms with Gasteiger partial charge < -0.3 is 14.4 Å². The number of carbonyl (C=O) groups excluding carboxylic acids is 1. The maximum Gasteiger partial charge on any atom is 0.276 e. The van der Waals surface area contributed by atoms with Gasteiger partial charge in [0, 0.05) is 49.9 Å². The normalized spacial score (nSPS) is 14.5. The molecule has 0 radical (unpaired) electrons. The molecule has 1 fully saturated rings. The van der Waals surface area contributed by atoms with E-state index in [0.717, 1.165) is 29.2 Å². The molecule has 1 heterocycles. The molecule has 30 heavy (non-hydrogen) atoms. The topological polar surface area (TPSA) is 85.2 Å². The first-order valence-corrected chi connectivity index (χ1v) is 9.51. The largest absolute Gasteiger partial charge is 0.497 e. The lowest BCUT2D eigenvalue weighted by Crippen LogP contribution is -2.48. The van der Waals surface area contributed by atoms with Gasteiger partial charge in [0.05, 0.1) is 24.7 Å². The average Bonchev–Trinajstić information content (AvgIpc) is 2.75. The van der Waals surface area contributed by atoms with Gasteiger partial charge in [-0.15, -0.1) is 0 Å². The molecule has 1 aliphatic rings. The number of benzene rings is 2. The molecule has 0 saturated carbocycles. The van der Waals surface area contributed by atoms with Gasteiger partial charge in [0.2, 0.25) is 0 Å². The van der Waals surface area contributed by atoms with Gasteiger partial charge in [-0.2, -0.15) is 0 Å². The van der Waals surface area contributed by atoms with Crippen LogP contribution >= 0.6 is 0 Å². The lowest BCUT2D eigenvalue weighted by Gasteiger charge is -2.35. The standard InChI is InChI=1S/C21H24FN3O5/c1-14-18(22)11-15(12-19(14)25(27)28)21(26)24-8-6-23(7-9-24)13-16-10-17(29-2)4-5-20(16)30-3/h4-5,10-12H,6-9,13H2,1-3H3. The molecule has 2 aromatic carbocycles. The van der Waals surface area contributed by atoms with E-state index in [0.29, 0.717) is 32.7 Å². The van der Waals surface area contributed by atoms with E-state index < -0.39 is 16.6 Å². The van der Waals surface area contributed by atoms with E-state index in [1.807, 2.05) is 18.2 Å². The Morgan fingerprint density at radius 2 is 1.83 bits per heavy atom. The van der Waals surface area contributed by atoms with Crippen LogP contribution in [-0.4, -0.2) is 61.0 Å². The Bertz CT molecular complexity index is 958. The van der Waals surface area contributed by atoms with Crippen molar-refractivity contribution >= 4 is 11.6 Å². The summed E-state index contributed by atoms with van der Waals surface area (Å²) in [6.07, 6.45) is 0. The SMILES string of the molecule is COc1ccc(OC)c(CN2CCN(C(=O)c3cc(F)c(C)c([N+](=O)[O-])c3)CC2)c1. The Morgan fingerprint density at radius 3 is 2.43 bits per heavy atom. The van der Waals surface area contributed by atoms with E-state index in [2.05, 4.69) is 4.90 Å². The molecule has 0 aliphatic carbocycles. The molecule has 0 aromatic heterocycles. The highest BCUT2D eigenvalue weighted by molar-refractivity contribution is 5.95. The summed E-state index contributed by atoms with van der Waals surface area (Å²) in [5.41, 5.74) is 0.510. The Balaban J connectivity index is 1.68. The number of halogens is 1. The van der Waals surface area contributed by atoms with Gasteiger partial charge in [0.25, 0.3) is 11.6 Å². The minimum Gasteiger partial charge on any atom is -0.497 e. The summed E-state index contributed by atoms with van der Waals surface area (Å²) in [4.78, 5) is 27.0. The van der Waals surface area contributed by atoms with E-state index in [1.165, 1.54) is 6.92 Å². The first kappa shape index (κ1) is 21.5. The number of nitrogens with zero attached hydrogens (tertiary/aromatic N) is 3. The second kappa shape index (κ2) is 9.08. The fourth-order valence-electron chi connectivity index (χ4n) is 3.52. The molecule has 9 heteroatoms. The predicted octanol–water partition coefficient (Wildman–Crippen LogP) is 3.02. The summed E-state index contributed by atoms with van der Waals surface area (Å²) >= 11 is 0. The predicted molar refractivity (Wildman–Crippen MR) is 109 cm³/mol. The van der Waals surface area contributed by atoms with Gasteiger partial charge in [0.1, 0.15) is 17.3 Å². The van der Waals surface area contributed by atoms with E-state index in [9.17, 15) is 19.3 Å². The van der Waals surface area contributed by atoms with Crippen LogP contribution in [0.25, 0.3) is 0 Å². The Labute approximate surface area is 173 Å². The first-order valence-electron chi connectivity index (χ1n) is 9.51. The van der Waals surface area contributed by atoms with Crippen LogP contribution in [0.15, 0.2) is 30.3 Å². The number of nitro benzene ring substituents is 1. The number of hydrogen-bond donors (Lipinski definition) is 0. The molecule has 1 amide bonds. The fourth-order valence-corrected chi connectivity index (χ4v) is 3.52. The van der Waals surface area contributed by atoms with Crippen molar-refractivity contribution in [3.05, 3.63) is 63.0 Å². The number of carbonyl (C=O) groups is 1. The minimum atomic E-state index is -0.753. The number of rotatable bonds is 6. The molecule has 0 N–H and O–H groups in total. The second-order valence-electron chi connectivity index (χ2n) is 7.11. The molecule has 1 saturated heterocycles. The highest BCUT2D eigenvalue weighted by Gasteiger charge is 2.26. The zero-order valence-electron chi connectivity index (χ0n) is 17.2. The van der Waals surface area contributed by atoms with Crippen molar-refractivity contribution in [3.63, 3.8) is 0 Å². The minimum absolute atomic E-state index is 0.00675. The second-order valence-corrected chi connectivity index (χ2v) is 7.11. The van der Waals surface area contributed by atoms with Crippen LogP contribution in [0.2, 0.25) is 0 Å². The van der Waals surface area contributed by atoms with Crippen molar-refractivity contribution in [1.82, 2.24) is 9.80 Å². The van der Waals surface area contributed by atoms with Gasteiger partial charge in [-0.3, -0.25) is 19.8 Å². The van der Waals surface area contributed by atoms with Crippen molar-refractivity contribution in [1.29, 1.82) is 0 Å². The molecule has 0 unspecified atom stereocenters. The van der Waals surface area contributed by atoms with E-state index in [1.54, 1.807) is 19.1 Å². The van der Waals surface area contributed by atoms with Crippen LogP contribution in [0.3, 0.4) is 0 Å². The summed E-state index contributed by atoms with van der Waals surface area (Å²) in [6.45, 7) is 4.06. The summed E-state index contributed by atoms with van der Waals surface area (Å²) < 4.78 is 24.8. The maximum absolute atomic E-state index is 14.1. The molecule has 1 aliphatic heterocycles. The van der Waals surface area contributed by atoms with Crippen molar-refractivity contribution in [2.45, 2.75) is 13.5 Å². The molecule has 0 spiro atoms. The zero-order chi connectivity index (χ0) is 21.8. The van der Waals surface area contributed by atoms with E-state index in [-0.39, 0.29) is 16.8 Å². The van der Waals surface area contributed by atoms with E-state index >= 15 is 0 Å². The van der Waals surface area contributed by atoms with E-state index in [4.69, 9.17) is 9.47 Å². The molecule has 160 valence electrons. The van der Waals surface area contributed by atoms with Crippen molar-refractivity contribution in [2.75, 3.05) is 40.4 Å². The molecule has 2 aromatic rings. The van der Waals surface area contributed by atoms with Gasteiger partial charge in [-0.1, -0.05) is 0 Å². The highest BCUT2D eigenvalue weighted by Crippen LogP contribution is 2.27. The van der Waals surface area contributed by atoms with Crippen molar-refractivity contribution in [2.24, 2.45) is 0 Å². The molecular weight excluding hydrogens is 393 g/mol. The monoisotopic (exact) mass is 417 g/mol. The Hall–Kier alpha value is -3.20. The van der Waals surface area contributed by atoms with Gasteiger partial charge in [-0.05, 0) is 31.2 Å². The van der Waals surface area contributed by atoms with Gasteiger partial charge in [0.15, 0.2) is 0 Å². The lowest BCUT2D eigenvalue weighted by molar-refractivity contribution is -0.385. The molecule has 0 atom stereocenters. The Morgan fingerprint density at radius 1 is 1.13 bits per heavy atom. The Kier molecular flexibility index (Phi) is 6.51. The third-order valence-electron chi connectivity index (χ3n) is 5.30. The van der Waals surface area contributed by atoms with Crippen LogP contribution in [0.1, 0.15) is 21.5 Å². The first-order chi connectivity index (χ1) is 14.3. The van der Waals surface area contributed by atoms with Crippen LogP contribution < -0.4 is 9.47 Å². The zero-order valence-corrected chi connectivity index (χ0v) is 17.2. The number of piperazine rings is 1. The summed E-state index contributed by atoms with van der Waals surface area (Å²) in [5.74, 6) is 0.339. The highest BCUT2D eigenvalue weighted by atomic mass is 19.1. The summed E-state index contributed by atoms with van der Waals surface area (Å²) in [7, 11) is 3.22. The van der Waals surface area contributed by atoms with Gasteiger partial charge in [-0.25, -0.2) is 4.39 Å². The van der Waals surface area contributed by atoms with Gasteiger partial charge >= 0.3 is 0 Å². The number of nitro groups is 1. The molecular formula is C21H24FN3O5. The molecule has 3 rings (SSSR count). The molecule has 8 nitrogen and oxygen atoms in total. The van der Waals surface area contributed by atoms with Crippen LogP contribution in [0, 0.1) is 22.9 Å². The average molecular weight is 417 g/mol. The van der Waals surface area contributed by atoms with Crippen LogP contribution in [0.4, 0.5) is 10.1 Å². The summed E-state index contributed by atoms with van der Waals surface area (Å²) in [6, 6.07) is 7.82. The number of hydrogen-bond acceptors (Lipinski definition) is 6. The fraction of sp³-hybridized carbons (Fsp3) is 0.381. The lowest BCUT2D eigenvalue weighted by atomic mass is 10.1.